The van der Waals surface area contributed by atoms with E-state index in [1.807, 2.05) is 24.3 Å². The molecule has 1 aliphatic rings. The third-order valence-corrected chi connectivity index (χ3v) is 5.12. The van der Waals surface area contributed by atoms with Gasteiger partial charge in [0.1, 0.15) is 0 Å². The first-order chi connectivity index (χ1) is 12.7. The number of guanidine groups is 1. The van der Waals surface area contributed by atoms with Gasteiger partial charge in [0.05, 0.1) is 18.2 Å². The molecule has 0 spiro atoms. The molecule has 1 aromatic carbocycles. The minimum Gasteiger partial charge on any atom is -0.382 e. The lowest BCUT2D eigenvalue weighted by atomic mass is 9.83. The number of ether oxygens (including phenoxy) is 1. The van der Waals surface area contributed by atoms with Gasteiger partial charge in [-0.1, -0.05) is 25.0 Å². The van der Waals surface area contributed by atoms with Crippen molar-refractivity contribution in [2.45, 2.75) is 52.5 Å². The Bertz CT molecular complexity index is 597. The van der Waals surface area contributed by atoms with Crippen molar-refractivity contribution >= 4 is 5.96 Å². The summed E-state index contributed by atoms with van der Waals surface area (Å²) in [5.41, 5.74) is 2.12. The summed E-state index contributed by atoms with van der Waals surface area (Å²) in [5.74, 6) is 0.861. The maximum Gasteiger partial charge on any atom is 0.191 e. The highest BCUT2D eigenvalue weighted by Gasteiger charge is 2.33. The van der Waals surface area contributed by atoms with E-state index < -0.39 is 0 Å². The highest BCUT2D eigenvalue weighted by molar-refractivity contribution is 5.79. The van der Waals surface area contributed by atoms with Crippen LogP contribution in [0.2, 0.25) is 0 Å². The van der Waals surface area contributed by atoms with Crippen LogP contribution in [0.1, 0.15) is 57.1 Å². The summed E-state index contributed by atoms with van der Waals surface area (Å²) in [7, 11) is 0. The molecule has 5 heteroatoms. The van der Waals surface area contributed by atoms with Gasteiger partial charge in [0.25, 0.3) is 0 Å². The standard InChI is InChI=1S/C21H32N4O/c1-3-23-20(24-16-19-9-7-18(15-22)8-10-19)25-17-21(11-5-6-12-21)13-14-26-4-2/h7-10H,3-6,11-14,16-17H2,1-2H3,(H2,23,24,25). The van der Waals surface area contributed by atoms with E-state index in [1.165, 1.54) is 25.7 Å². The summed E-state index contributed by atoms with van der Waals surface area (Å²) in [6.07, 6.45) is 6.27. The molecule has 1 aromatic rings. The van der Waals surface area contributed by atoms with Crippen LogP contribution in [0.15, 0.2) is 29.3 Å². The normalized spacial score (nSPS) is 16.3. The predicted octanol–water partition coefficient (Wildman–Crippen LogP) is 3.60. The fraction of sp³-hybridized carbons (Fsp3) is 0.619. The first-order valence-corrected chi connectivity index (χ1v) is 9.80. The number of aliphatic imine (C=N–C) groups is 1. The van der Waals surface area contributed by atoms with E-state index in [2.05, 4.69) is 30.6 Å². The van der Waals surface area contributed by atoms with Crippen LogP contribution >= 0.6 is 0 Å². The number of rotatable bonds is 9. The number of benzene rings is 1. The molecule has 0 saturated heterocycles. The second-order valence-electron chi connectivity index (χ2n) is 7.01. The van der Waals surface area contributed by atoms with Crippen molar-refractivity contribution in [3.63, 3.8) is 0 Å². The Balaban J connectivity index is 1.93. The molecular weight excluding hydrogens is 324 g/mol. The minimum atomic E-state index is 0.333. The van der Waals surface area contributed by atoms with E-state index in [-0.39, 0.29) is 0 Å². The van der Waals surface area contributed by atoms with Crippen LogP contribution < -0.4 is 10.6 Å². The zero-order chi connectivity index (χ0) is 18.7. The Hall–Kier alpha value is -2.06. The lowest BCUT2D eigenvalue weighted by Gasteiger charge is -2.30. The van der Waals surface area contributed by atoms with E-state index in [9.17, 15) is 0 Å². The number of hydrogen-bond donors (Lipinski definition) is 2. The Morgan fingerprint density at radius 1 is 1.19 bits per heavy atom. The smallest absolute Gasteiger partial charge is 0.191 e. The van der Waals surface area contributed by atoms with Crippen LogP contribution in [0.4, 0.5) is 0 Å². The van der Waals surface area contributed by atoms with Gasteiger partial charge in [-0.25, -0.2) is 4.99 Å². The maximum absolute atomic E-state index is 8.89. The monoisotopic (exact) mass is 356 g/mol. The minimum absolute atomic E-state index is 0.333. The molecule has 2 rings (SSSR count). The first-order valence-electron chi connectivity index (χ1n) is 9.80. The number of hydrogen-bond acceptors (Lipinski definition) is 3. The SMILES string of the molecule is CCNC(=NCc1ccc(C#N)cc1)NCC1(CCOCC)CCCC1. The number of nitriles is 1. The van der Waals surface area contributed by atoms with Crippen molar-refractivity contribution in [3.8, 4) is 6.07 Å². The van der Waals surface area contributed by atoms with E-state index in [1.54, 1.807) is 0 Å². The lowest BCUT2D eigenvalue weighted by molar-refractivity contribution is 0.105. The maximum atomic E-state index is 8.89. The summed E-state index contributed by atoms with van der Waals surface area (Å²) < 4.78 is 5.60. The zero-order valence-corrected chi connectivity index (χ0v) is 16.2. The largest absolute Gasteiger partial charge is 0.382 e. The van der Waals surface area contributed by atoms with Crippen molar-refractivity contribution in [2.75, 3.05) is 26.3 Å². The fourth-order valence-electron chi connectivity index (χ4n) is 3.54. The Morgan fingerprint density at radius 3 is 2.54 bits per heavy atom. The van der Waals surface area contributed by atoms with E-state index in [0.717, 1.165) is 44.2 Å². The van der Waals surface area contributed by atoms with Gasteiger partial charge >= 0.3 is 0 Å². The third-order valence-electron chi connectivity index (χ3n) is 5.12. The molecule has 0 aromatic heterocycles. The molecule has 2 N–H and O–H groups in total. The van der Waals surface area contributed by atoms with Crippen LogP contribution in [0.25, 0.3) is 0 Å². The van der Waals surface area contributed by atoms with Gasteiger partial charge in [-0.15, -0.1) is 0 Å². The third kappa shape index (κ3) is 6.34. The van der Waals surface area contributed by atoms with Crippen LogP contribution in [-0.2, 0) is 11.3 Å². The van der Waals surface area contributed by atoms with Crippen molar-refractivity contribution in [2.24, 2.45) is 10.4 Å². The molecule has 0 unspecified atom stereocenters. The quantitative estimate of drug-likeness (QED) is 0.403. The predicted molar refractivity (Wildman–Crippen MR) is 106 cm³/mol. The van der Waals surface area contributed by atoms with Gasteiger partial charge < -0.3 is 15.4 Å². The number of nitrogens with one attached hydrogen (secondary N) is 2. The molecule has 0 aliphatic heterocycles. The van der Waals surface area contributed by atoms with Crippen molar-refractivity contribution in [1.82, 2.24) is 10.6 Å². The summed E-state index contributed by atoms with van der Waals surface area (Å²) in [6.45, 7) is 8.16. The topological polar surface area (TPSA) is 69.4 Å². The second-order valence-corrected chi connectivity index (χ2v) is 7.01. The van der Waals surface area contributed by atoms with Gasteiger partial charge in [-0.3, -0.25) is 0 Å². The van der Waals surface area contributed by atoms with E-state index in [0.29, 0.717) is 17.5 Å². The molecule has 0 amide bonds. The highest BCUT2D eigenvalue weighted by Crippen LogP contribution is 2.40. The second kappa shape index (κ2) is 10.8. The molecule has 1 aliphatic carbocycles. The highest BCUT2D eigenvalue weighted by atomic mass is 16.5. The van der Waals surface area contributed by atoms with Gasteiger partial charge in [-0.2, -0.15) is 5.26 Å². The molecule has 0 heterocycles. The average molecular weight is 357 g/mol. The lowest BCUT2D eigenvalue weighted by Crippen LogP contribution is -2.43. The van der Waals surface area contributed by atoms with Gasteiger partial charge in [-0.05, 0) is 56.2 Å². The molecule has 0 radical (unpaired) electrons. The average Bonchev–Trinajstić information content (AvgIpc) is 3.14. The molecule has 5 nitrogen and oxygen atoms in total. The molecule has 142 valence electrons. The molecular formula is C21H32N4O. The molecule has 0 atom stereocenters. The van der Waals surface area contributed by atoms with Crippen molar-refractivity contribution < 1.29 is 4.74 Å². The van der Waals surface area contributed by atoms with Crippen LogP contribution in [0.5, 0.6) is 0 Å². The van der Waals surface area contributed by atoms with Crippen LogP contribution in [0, 0.1) is 16.7 Å². The van der Waals surface area contributed by atoms with Gasteiger partial charge in [0.15, 0.2) is 5.96 Å². The van der Waals surface area contributed by atoms with E-state index in [4.69, 9.17) is 15.0 Å². The van der Waals surface area contributed by atoms with Crippen molar-refractivity contribution in [3.05, 3.63) is 35.4 Å². The number of nitrogens with zero attached hydrogens (tertiary/aromatic N) is 2. The summed E-state index contributed by atoms with van der Waals surface area (Å²) in [4.78, 5) is 4.71. The van der Waals surface area contributed by atoms with E-state index >= 15 is 0 Å². The zero-order valence-electron chi connectivity index (χ0n) is 16.2. The van der Waals surface area contributed by atoms with Gasteiger partial charge in [0.2, 0.25) is 0 Å². The van der Waals surface area contributed by atoms with Crippen LogP contribution in [0.3, 0.4) is 0 Å². The van der Waals surface area contributed by atoms with Gasteiger partial charge in [0, 0.05) is 26.3 Å². The Kier molecular flexibility index (Phi) is 8.43. The summed E-state index contributed by atoms with van der Waals surface area (Å²) >= 11 is 0. The Morgan fingerprint density at radius 2 is 1.92 bits per heavy atom. The summed E-state index contributed by atoms with van der Waals surface area (Å²) in [6, 6.07) is 9.75. The first kappa shape index (κ1) is 20.3. The summed E-state index contributed by atoms with van der Waals surface area (Å²) in [5, 5.41) is 15.8. The molecule has 0 bridgehead atoms. The molecule has 1 saturated carbocycles. The van der Waals surface area contributed by atoms with Crippen molar-refractivity contribution in [1.29, 1.82) is 5.26 Å². The molecule has 26 heavy (non-hydrogen) atoms. The fourth-order valence-corrected chi connectivity index (χ4v) is 3.54. The molecule has 1 fully saturated rings. The van der Waals surface area contributed by atoms with Crippen LogP contribution in [-0.4, -0.2) is 32.3 Å². The Labute approximate surface area is 157 Å².